The van der Waals surface area contributed by atoms with Gasteiger partial charge in [0, 0.05) is 23.9 Å². The summed E-state index contributed by atoms with van der Waals surface area (Å²) in [5.41, 5.74) is 0.953. The van der Waals surface area contributed by atoms with Crippen molar-refractivity contribution in [1.82, 2.24) is 15.8 Å². The molecule has 0 saturated carbocycles. The molecule has 0 radical (unpaired) electrons. The van der Waals surface area contributed by atoms with E-state index in [1.807, 2.05) is 24.3 Å². The number of rotatable bonds is 8. The van der Waals surface area contributed by atoms with Crippen LogP contribution in [0.25, 0.3) is 0 Å². The summed E-state index contributed by atoms with van der Waals surface area (Å²) in [4.78, 5) is 5.88. The second kappa shape index (κ2) is 11.1. The highest BCUT2D eigenvalue weighted by Gasteiger charge is 2.08. The Hall–Kier alpha value is -1.81. The van der Waals surface area contributed by atoms with Gasteiger partial charge in [0.05, 0.1) is 18.5 Å². The molecule has 3 rings (SSSR count). The van der Waals surface area contributed by atoms with E-state index in [1.54, 1.807) is 17.6 Å². The van der Waals surface area contributed by atoms with E-state index < -0.39 is 0 Å². The highest BCUT2D eigenvalue weighted by atomic mass is 127. The third-order valence-corrected chi connectivity index (χ3v) is 4.69. The van der Waals surface area contributed by atoms with Crippen LogP contribution in [0.2, 0.25) is 0 Å². The van der Waals surface area contributed by atoms with Gasteiger partial charge in [-0.1, -0.05) is 25.1 Å². The number of nitrogens with zero attached hydrogens (tertiary/aromatic N) is 2. The van der Waals surface area contributed by atoms with Crippen LogP contribution >= 0.6 is 35.3 Å². The summed E-state index contributed by atoms with van der Waals surface area (Å²) < 4.78 is 10.7. The van der Waals surface area contributed by atoms with E-state index >= 15 is 0 Å². The lowest BCUT2D eigenvalue weighted by Gasteiger charge is -2.11. The Morgan fingerprint density at radius 1 is 1.22 bits per heavy atom. The number of aliphatic imine (C=N–C) groups is 1. The monoisotopic (exact) mass is 500 g/mol. The van der Waals surface area contributed by atoms with Gasteiger partial charge in [0.1, 0.15) is 12.3 Å². The van der Waals surface area contributed by atoms with Gasteiger partial charge in [-0.25, -0.2) is 4.99 Å². The Kier molecular flexibility index (Phi) is 8.86. The molecular formula is C19H25IN4O2S. The minimum absolute atomic E-state index is 0. The number of halogens is 1. The lowest BCUT2D eigenvalue weighted by Crippen LogP contribution is -2.37. The predicted octanol–water partition coefficient (Wildman–Crippen LogP) is 4.55. The van der Waals surface area contributed by atoms with Crippen molar-refractivity contribution in [3.05, 3.63) is 64.1 Å². The molecule has 0 bridgehead atoms. The number of thiophene rings is 1. The fraction of sp³-hybridized carbons (Fsp3) is 0.368. The van der Waals surface area contributed by atoms with Gasteiger partial charge in [-0.2, -0.15) is 0 Å². The molecule has 0 saturated heterocycles. The summed E-state index contributed by atoms with van der Waals surface area (Å²) in [7, 11) is 0. The number of hydrogen-bond acceptors (Lipinski definition) is 5. The lowest BCUT2D eigenvalue weighted by atomic mass is 10.1. The van der Waals surface area contributed by atoms with Crippen LogP contribution in [0.4, 0.5) is 0 Å². The average Bonchev–Trinajstić information content (AvgIpc) is 3.39. The van der Waals surface area contributed by atoms with E-state index in [-0.39, 0.29) is 24.0 Å². The van der Waals surface area contributed by atoms with Crippen molar-refractivity contribution in [2.24, 2.45) is 4.99 Å². The minimum Gasteiger partial charge on any atom is -0.469 e. The minimum atomic E-state index is 0. The molecule has 0 fully saturated rings. The number of guanidine groups is 1. The zero-order valence-electron chi connectivity index (χ0n) is 15.5. The number of furan rings is 1. The van der Waals surface area contributed by atoms with Crippen LogP contribution in [0, 0.1) is 0 Å². The van der Waals surface area contributed by atoms with Gasteiger partial charge in [0.25, 0.3) is 0 Å². The van der Waals surface area contributed by atoms with Gasteiger partial charge in [0.2, 0.25) is 0 Å². The summed E-state index contributed by atoms with van der Waals surface area (Å²) in [6.07, 6.45) is 2.49. The van der Waals surface area contributed by atoms with Crippen molar-refractivity contribution >= 4 is 41.3 Å². The first kappa shape index (κ1) is 21.5. The van der Waals surface area contributed by atoms with Crippen LogP contribution in [0.5, 0.6) is 0 Å². The largest absolute Gasteiger partial charge is 0.469 e. The first-order valence-corrected chi connectivity index (χ1v) is 9.61. The normalized spacial score (nSPS) is 11.4. The van der Waals surface area contributed by atoms with E-state index in [9.17, 15) is 0 Å². The molecule has 0 amide bonds. The topological polar surface area (TPSA) is 75.6 Å². The van der Waals surface area contributed by atoms with Crippen molar-refractivity contribution in [1.29, 1.82) is 0 Å². The first-order valence-electron chi connectivity index (χ1n) is 8.73. The number of aromatic nitrogens is 1. The van der Waals surface area contributed by atoms with Crippen LogP contribution in [0.3, 0.4) is 0 Å². The van der Waals surface area contributed by atoms with Crippen molar-refractivity contribution in [2.75, 3.05) is 6.54 Å². The zero-order valence-corrected chi connectivity index (χ0v) is 18.6. The molecule has 0 aliphatic rings. The molecule has 146 valence electrons. The van der Waals surface area contributed by atoms with Crippen LogP contribution in [-0.4, -0.2) is 17.7 Å². The predicted molar refractivity (Wildman–Crippen MR) is 119 cm³/mol. The van der Waals surface area contributed by atoms with Crippen molar-refractivity contribution < 1.29 is 8.94 Å². The van der Waals surface area contributed by atoms with Gasteiger partial charge in [-0.3, -0.25) is 0 Å². The maximum absolute atomic E-state index is 5.37. The molecule has 0 spiro atoms. The fourth-order valence-electron chi connectivity index (χ4n) is 2.35. The third-order valence-electron chi connectivity index (χ3n) is 3.82. The molecule has 0 aliphatic heterocycles. The SMILES string of the molecule is CC(C)c1cc(CN=C(NCCc2ccco2)NCc2cccs2)on1.I. The highest BCUT2D eigenvalue weighted by molar-refractivity contribution is 14.0. The Labute approximate surface area is 180 Å². The second-order valence-corrected chi connectivity index (χ2v) is 7.26. The van der Waals surface area contributed by atoms with Crippen LogP contribution in [-0.2, 0) is 19.5 Å². The lowest BCUT2D eigenvalue weighted by molar-refractivity contribution is 0.376. The molecule has 3 heterocycles. The number of nitrogens with one attached hydrogen (secondary N) is 2. The van der Waals surface area contributed by atoms with Gasteiger partial charge in [-0.15, -0.1) is 35.3 Å². The molecule has 6 nitrogen and oxygen atoms in total. The maximum Gasteiger partial charge on any atom is 0.192 e. The van der Waals surface area contributed by atoms with E-state index in [4.69, 9.17) is 8.94 Å². The van der Waals surface area contributed by atoms with Crippen LogP contribution < -0.4 is 10.6 Å². The van der Waals surface area contributed by atoms with E-state index in [0.29, 0.717) is 12.5 Å². The van der Waals surface area contributed by atoms with Crippen molar-refractivity contribution in [3.8, 4) is 0 Å². The van der Waals surface area contributed by atoms with Gasteiger partial charge in [0.15, 0.2) is 11.7 Å². The van der Waals surface area contributed by atoms with Gasteiger partial charge >= 0.3 is 0 Å². The molecule has 3 aromatic heterocycles. The smallest absolute Gasteiger partial charge is 0.192 e. The van der Waals surface area contributed by atoms with E-state index in [1.165, 1.54) is 4.88 Å². The fourth-order valence-corrected chi connectivity index (χ4v) is 2.99. The Morgan fingerprint density at radius 3 is 2.78 bits per heavy atom. The molecule has 0 atom stereocenters. The summed E-state index contributed by atoms with van der Waals surface area (Å²) in [5, 5.41) is 12.9. The highest BCUT2D eigenvalue weighted by Crippen LogP contribution is 2.14. The Morgan fingerprint density at radius 2 is 2.11 bits per heavy atom. The first-order chi connectivity index (χ1) is 12.7. The molecule has 27 heavy (non-hydrogen) atoms. The van der Waals surface area contributed by atoms with Crippen LogP contribution in [0.15, 0.2) is 55.9 Å². The molecule has 0 aliphatic carbocycles. The summed E-state index contributed by atoms with van der Waals surface area (Å²) in [5.74, 6) is 2.80. The standard InChI is InChI=1S/C19H24N4O2S.HI/c1-14(2)18-11-16(25-23-18)12-21-19(22-13-17-6-4-10-26-17)20-8-7-15-5-3-9-24-15;/h3-6,9-11,14H,7-8,12-13H2,1-2H3,(H2,20,21,22);1H. The quantitative estimate of drug-likeness (QED) is 0.270. The zero-order chi connectivity index (χ0) is 18.2. The van der Waals surface area contributed by atoms with Crippen LogP contribution in [0.1, 0.15) is 41.9 Å². The van der Waals surface area contributed by atoms with Gasteiger partial charge < -0.3 is 19.6 Å². The molecule has 3 aromatic rings. The summed E-state index contributed by atoms with van der Waals surface area (Å²) >= 11 is 1.72. The van der Waals surface area contributed by atoms with Gasteiger partial charge in [-0.05, 0) is 29.5 Å². The molecule has 2 N–H and O–H groups in total. The summed E-state index contributed by atoms with van der Waals surface area (Å²) in [6.45, 7) is 6.10. The van der Waals surface area contributed by atoms with E-state index in [2.05, 4.69) is 46.1 Å². The number of hydrogen-bond donors (Lipinski definition) is 2. The van der Waals surface area contributed by atoms with Crippen molar-refractivity contribution in [3.63, 3.8) is 0 Å². The summed E-state index contributed by atoms with van der Waals surface area (Å²) in [6, 6.07) is 9.98. The Bertz CT molecular complexity index is 798. The second-order valence-electron chi connectivity index (χ2n) is 6.23. The average molecular weight is 500 g/mol. The molecular weight excluding hydrogens is 475 g/mol. The molecule has 8 heteroatoms. The molecule has 0 aromatic carbocycles. The maximum atomic E-state index is 5.37. The van der Waals surface area contributed by atoms with E-state index in [0.717, 1.165) is 42.7 Å². The Balaban J connectivity index is 0.00000261. The molecule has 0 unspecified atom stereocenters. The van der Waals surface area contributed by atoms with Crippen molar-refractivity contribution in [2.45, 2.75) is 39.3 Å². The third kappa shape index (κ3) is 7.02.